The summed E-state index contributed by atoms with van der Waals surface area (Å²) in [6.07, 6.45) is 0. The van der Waals surface area contributed by atoms with Crippen LogP contribution in [0.2, 0.25) is 0 Å². The smallest absolute Gasteiger partial charge is 0.0333 e. The van der Waals surface area contributed by atoms with Gasteiger partial charge in [-0.05, 0) is 49.8 Å². The van der Waals surface area contributed by atoms with Crippen molar-refractivity contribution in [2.24, 2.45) is 11.8 Å². The van der Waals surface area contributed by atoms with E-state index in [2.05, 4.69) is 57.0 Å². The molecule has 1 aromatic rings. The molecule has 2 atom stereocenters. The maximum absolute atomic E-state index is 3.56. The SMILES string of the molecule is CC(C)(C)c1ccc(CN2CC3CNCC3C2(C)C)s1. The minimum Gasteiger partial charge on any atom is -0.316 e. The molecule has 0 spiro atoms. The normalized spacial score (nSPS) is 29.9. The predicted molar refractivity (Wildman–Crippen MR) is 87.4 cm³/mol. The first-order valence-electron chi connectivity index (χ1n) is 7.83. The molecule has 1 aromatic heterocycles. The molecule has 112 valence electrons. The van der Waals surface area contributed by atoms with Crippen LogP contribution in [0.15, 0.2) is 12.1 Å². The number of nitrogens with zero attached hydrogens (tertiary/aromatic N) is 1. The summed E-state index contributed by atoms with van der Waals surface area (Å²) >= 11 is 2.00. The van der Waals surface area contributed by atoms with Crippen molar-refractivity contribution in [3.8, 4) is 0 Å². The highest BCUT2D eigenvalue weighted by Crippen LogP contribution is 2.42. The molecule has 0 aliphatic carbocycles. The van der Waals surface area contributed by atoms with Crippen LogP contribution >= 0.6 is 11.3 Å². The van der Waals surface area contributed by atoms with Crippen LogP contribution in [0.25, 0.3) is 0 Å². The van der Waals surface area contributed by atoms with Crippen molar-refractivity contribution in [3.05, 3.63) is 21.9 Å². The summed E-state index contributed by atoms with van der Waals surface area (Å²) < 4.78 is 0. The zero-order chi connectivity index (χ0) is 14.5. The van der Waals surface area contributed by atoms with E-state index < -0.39 is 0 Å². The molecule has 0 bridgehead atoms. The molecule has 2 nitrogen and oxygen atoms in total. The molecule has 3 rings (SSSR count). The third kappa shape index (κ3) is 2.44. The lowest BCUT2D eigenvalue weighted by atomic mass is 9.85. The van der Waals surface area contributed by atoms with Crippen molar-refractivity contribution < 1.29 is 0 Å². The molecule has 3 heteroatoms. The van der Waals surface area contributed by atoms with E-state index in [1.54, 1.807) is 0 Å². The maximum atomic E-state index is 3.56. The van der Waals surface area contributed by atoms with Gasteiger partial charge in [0.05, 0.1) is 0 Å². The van der Waals surface area contributed by atoms with Gasteiger partial charge in [-0.1, -0.05) is 20.8 Å². The lowest BCUT2D eigenvalue weighted by molar-refractivity contribution is 0.133. The summed E-state index contributed by atoms with van der Waals surface area (Å²) in [5.41, 5.74) is 0.615. The molecule has 2 unspecified atom stereocenters. The molecule has 2 fully saturated rings. The van der Waals surface area contributed by atoms with E-state index >= 15 is 0 Å². The third-order valence-electron chi connectivity index (χ3n) is 5.26. The molecular formula is C17H28N2S. The van der Waals surface area contributed by atoms with Crippen molar-refractivity contribution in [2.75, 3.05) is 19.6 Å². The highest BCUT2D eigenvalue weighted by Gasteiger charge is 2.49. The van der Waals surface area contributed by atoms with E-state index in [0.29, 0.717) is 5.54 Å². The average Bonchev–Trinajstić information content (AvgIpc) is 2.98. The highest BCUT2D eigenvalue weighted by molar-refractivity contribution is 7.12. The first-order chi connectivity index (χ1) is 9.28. The Morgan fingerprint density at radius 1 is 1.30 bits per heavy atom. The Balaban J connectivity index is 1.74. The van der Waals surface area contributed by atoms with E-state index in [1.165, 1.54) is 29.4 Å². The fourth-order valence-electron chi connectivity index (χ4n) is 3.83. The maximum Gasteiger partial charge on any atom is 0.0333 e. The van der Waals surface area contributed by atoms with Crippen molar-refractivity contribution in [3.63, 3.8) is 0 Å². The van der Waals surface area contributed by atoms with Crippen molar-refractivity contribution in [2.45, 2.75) is 52.1 Å². The number of hydrogen-bond donors (Lipinski definition) is 1. The van der Waals surface area contributed by atoms with Gasteiger partial charge in [0.25, 0.3) is 0 Å². The number of nitrogens with one attached hydrogen (secondary N) is 1. The summed E-state index contributed by atoms with van der Waals surface area (Å²) in [5.74, 6) is 1.68. The third-order valence-corrected chi connectivity index (χ3v) is 6.76. The zero-order valence-electron chi connectivity index (χ0n) is 13.5. The summed E-state index contributed by atoms with van der Waals surface area (Å²) in [7, 11) is 0. The van der Waals surface area contributed by atoms with Gasteiger partial charge in [-0.3, -0.25) is 4.90 Å². The summed E-state index contributed by atoms with van der Waals surface area (Å²) in [5, 5.41) is 3.56. The van der Waals surface area contributed by atoms with E-state index in [4.69, 9.17) is 0 Å². The molecule has 2 aliphatic rings. The topological polar surface area (TPSA) is 15.3 Å². The van der Waals surface area contributed by atoms with E-state index in [9.17, 15) is 0 Å². The Morgan fingerprint density at radius 2 is 2.05 bits per heavy atom. The standard InChI is InChI=1S/C17H28N2S/c1-16(2,3)15-7-6-13(20-15)11-19-10-12-8-18-9-14(12)17(19,4)5/h6-7,12,14,18H,8-11H2,1-5H3. The second-order valence-electron chi connectivity index (χ2n) is 8.07. The second kappa shape index (κ2) is 4.82. The molecular weight excluding hydrogens is 264 g/mol. The van der Waals surface area contributed by atoms with E-state index in [-0.39, 0.29) is 5.41 Å². The summed E-state index contributed by atoms with van der Waals surface area (Å²) in [6, 6.07) is 4.67. The zero-order valence-corrected chi connectivity index (χ0v) is 14.3. The molecule has 3 heterocycles. The molecule has 2 saturated heterocycles. The van der Waals surface area contributed by atoms with Crippen LogP contribution in [0.1, 0.15) is 44.4 Å². The molecule has 0 amide bonds. The number of thiophene rings is 1. The first-order valence-corrected chi connectivity index (χ1v) is 8.65. The number of fused-ring (bicyclic) bond motifs is 1. The van der Waals surface area contributed by atoms with Crippen molar-refractivity contribution >= 4 is 11.3 Å². The monoisotopic (exact) mass is 292 g/mol. The van der Waals surface area contributed by atoms with Crippen molar-refractivity contribution in [1.82, 2.24) is 10.2 Å². The first kappa shape index (κ1) is 14.6. The average molecular weight is 292 g/mol. The van der Waals surface area contributed by atoms with Crippen LogP contribution in [0, 0.1) is 11.8 Å². The van der Waals surface area contributed by atoms with E-state index in [1.807, 2.05) is 11.3 Å². The molecule has 0 radical (unpaired) electrons. The lowest BCUT2D eigenvalue weighted by Gasteiger charge is -2.35. The summed E-state index contributed by atoms with van der Waals surface area (Å²) in [4.78, 5) is 5.74. The van der Waals surface area contributed by atoms with Gasteiger partial charge in [-0.15, -0.1) is 11.3 Å². The van der Waals surface area contributed by atoms with Gasteiger partial charge in [0.2, 0.25) is 0 Å². The highest BCUT2D eigenvalue weighted by atomic mass is 32.1. The Bertz CT molecular complexity index is 483. The van der Waals surface area contributed by atoms with Gasteiger partial charge >= 0.3 is 0 Å². The van der Waals surface area contributed by atoms with Crippen LogP contribution < -0.4 is 5.32 Å². The quantitative estimate of drug-likeness (QED) is 0.898. The van der Waals surface area contributed by atoms with Gasteiger partial charge in [0.15, 0.2) is 0 Å². The van der Waals surface area contributed by atoms with Crippen LogP contribution in [-0.4, -0.2) is 30.1 Å². The molecule has 20 heavy (non-hydrogen) atoms. The fraction of sp³-hybridized carbons (Fsp3) is 0.765. The largest absolute Gasteiger partial charge is 0.316 e. The van der Waals surface area contributed by atoms with Gasteiger partial charge in [-0.25, -0.2) is 0 Å². The second-order valence-corrected chi connectivity index (χ2v) is 9.24. The Labute approximate surface area is 127 Å². The van der Waals surface area contributed by atoms with E-state index in [0.717, 1.165) is 18.4 Å². The van der Waals surface area contributed by atoms with Crippen LogP contribution in [0.5, 0.6) is 0 Å². The van der Waals surface area contributed by atoms with Crippen LogP contribution in [-0.2, 0) is 12.0 Å². The van der Waals surface area contributed by atoms with Gasteiger partial charge < -0.3 is 5.32 Å². The van der Waals surface area contributed by atoms with Gasteiger partial charge in [0, 0.05) is 34.9 Å². The fourth-order valence-corrected chi connectivity index (χ4v) is 4.91. The molecule has 0 aromatic carbocycles. The number of hydrogen-bond acceptors (Lipinski definition) is 3. The number of likely N-dealkylation sites (tertiary alicyclic amines) is 1. The minimum atomic E-state index is 0.282. The molecule has 1 N–H and O–H groups in total. The van der Waals surface area contributed by atoms with Crippen LogP contribution in [0.3, 0.4) is 0 Å². The number of rotatable bonds is 2. The Morgan fingerprint density at radius 3 is 2.65 bits per heavy atom. The molecule has 0 saturated carbocycles. The Hall–Kier alpha value is -0.380. The Kier molecular flexibility index (Phi) is 3.51. The predicted octanol–water partition coefficient (Wildman–Crippen LogP) is 3.48. The molecule has 2 aliphatic heterocycles. The minimum absolute atomic E-state index is 0.282. The van der Waals surface area contributed by atoms with Crippen LogP contribution in [0.4, 0.5) is 0 Å². The van der Waals surface area contributed by atoms with Gasteiger partial charge in [0.1, 0.15) is 0 Å². The van der Waals surface area contributed by atoms with Gasteiger partial charge in [-0.2, -0.15) is 0 Å². The van der Waals surface area contributed by atoms with Crippen molar-refractivity contribution in [1.29, 1.82) is 0 Å². The lowest BCUT2D eigenvalue weighted by Crippen LogP contribution is -2.43. The summed E-state index contributed by atoms with van der Waals surface area (Å²) in [6.45, 7) is 16.6.